The number of hydrogen-bond donors (Lipinski definition) is 3. The Balaban J connectivity index is 1.27. The number of carbonyl (C=O) groups excluding carboxylic acids is 1. The topological polar surface area (TPSA) is 92.5 Å². The molecule has 2 aromatic heterocycles. The Morgan fingerprint density at radius 3 is 2.88 bits per heavy atom. The van der Waals surface area contributed by atoms with E-state index in [4.69, 9.17) is 10.5 Å². The number of ether oxygens (including phenoxy) is 1. The summed E-state index contributed by atoms with van der Waals surface area (Å²) in [6, 6.07) is 3.74. The number of piperazine rings is 1. The van der Waals surface area contributed by atoms with Crippen LogP contribution in [-0.4, -0.2) is 53.6 Å². The van der Waals surface area contributed by atoms with Crippen molar-refractivity contribution < 1.29 is 13.9 Å². The highest BCUT2D eigenvalue weighted by Crippen LogP contribution is 2.33. The van der Waals surface area contributed by atoms with Gasteiger partial charge in [-0.2, -0.15) is 4.39 Å². The first-order chi connectivity index (χ1) is 15.4. The van der Waals surface area contributed by atoms with Gasteiger partial charge in [-0.3, -0.25) is 4.79 Å². The predicted octanol–water partition coefficient (Wildman–Crippen LogP) is 2.93. The Morgan fingerprint density at radius 1 is 1.44 bits per heavy atom. The monoisotopic (exact) mass is 455 g/mol. The lowest BCUT2D eigenvalue weighted by Gasteiger charge is -2.49. The Hall–Kier alpha value is -2.91. The number of piperidine rings is 1. The minimum atomic E-state index is -0.593. The fraction of sp³-hybridized carbons (Fsp3) is 0.391. The average molecular weight is 456 g/mol. The summed E-state index contributed by atoms with van der Waals surface area (Å²) in [5.74, 6) is -0.0544. The minimum absolute atomic E-state index is 0.173. The summed E-state index contributed by atoms with van der Waals surface area (Å²) in [5, 5.41) is 7.12. The fourth-order valence-electron chi connectivity index (χ4n) is 4.63. The van der Waals surface area contributed by atoms with Crippen molar-refractivity contribution in [2.45, 2.75) is 37.9 Å². The first kappa shape index (κ1) is 21.0. The molecule has 3 saturated heterocycles. The van der Waals surface area contributed by atoms with Crippen LogP contribution in [0.1, 0.15) is 29.4 Å². The van der Waals surface area contributed by atoms with Crippen molar-refractivity contribution in [2.75, 3.05) is 25.4 Å². The lowest BCUT2D eigenvalue weighted by atomic mass is 9.91. The molecule has 6 heterocycles. The molecular formula is C23H26FN5O2S. The van der Waals surface area contributed by atoms with E-state index >= 15 is 0 Å². The van der Waals surface area contributed by atoms with Gasteiger partial charge in [0.05, 0.1) is 11.7 Å². The highest BCUT2D eigenvalue weighted by molar-refractivity contribution is 7.21. The molecule has 0 spiro atoms. The van der Waals surface area contributed by atoms with E-state index in [1.54, 1.807) is 6.07 Å². The van der Waals surface area contributed by atoms with Crippen LogP contribution in [-0.2, 0) is 4.74 Å². The van der Waals surface area contributed by atoms with Crippen LogP contribution in [0.25, 0.3) is 10.2 Å². The molecule has 6 rings (SSSR count). The van der Waals surface area contributed by atoms with Gasteiger partial charge < -0.3 is 26.0 Å². The number of nitrogen functional groups attached to an aromatic ring is 1. The van der Waals surface area contributed by atoms with Gasteiger partial charge in [-0.05, 0) is 43.5 Å². The average Bonchev–Trinajstić information content (AvgIpc) is 3.08. The highest BCUT2D eigenvalue weighted by atomic mass is 32.1. The number of hydrogen-bond acceptors (Lipinski definition) is 7. The number of aromatic nitrogens is 1. The van der Waals surface area contributed by atoms with Crippen molar-refractivity contribution in [1.82, 2.24) is 20.5 Å². The standard InChI is InChI=1S/C23H26FN5O2S/c1-3-16(29-9-13-7-14(10-29)26-13)8-18-12(2)6-15(11-31-18)27-22(30)21-20(25)17-4-5-19(24)28-23(17)32-21/h3-5,8,13-15,26H,1,6-7,9-11,25H2,2H3,(H,27,30)/b16-8+/t13?,14?,15-/m1/s1. The summed E-state index contributed by atoms with van der Waals surface area (Å²) in [5.41, 5.74) is 8.57. The summed E-state index contributed by atoms with van der Waals surface area (Å²) in [6.07, 6.45) is 5.85. The SMILES string of the molecule is C=C/C(=C\C1=C(C)C[C@@H](NC(=O)c2sc3nc(F)ccc3c2N)CO1)N1CC2CC(C1)N2. The van der Waals surface area contributed by atoms with E-state index in [1.807, 2.05) is 13.0 Å². The van der Waals surface area contributed by atoms with E-state index in [9.17, 15) is 9.18 Å². The Bertz CT molecular complexity index is 1140. The van der Waals surface area contributed by atoms with Crippen molar-refractivity contribution in [1.29, 1.82) is 0 Å². The fourth-order valence-corrected chi connectivity index (χ4v) is 5.62. The third-order valence-electron chi connectivity index (χ3n) is 6.29. The van der Waals surface area contributed by atoms with Gasteiger partial charge in [0.25, 0.3) is 5.91 Å². The maximum absolute atomic E-state index is 13.4. The summed E-state index contributed by atoms with van der Waals surface area (Å²) in [4.78, 5) is 19.8. The zero-order chi connectivity index (χ0) is 22.4. The zero-order valence-corrected chi connectivity index (χ0v) is 18.7. The van der Waals surface area contributed by atoms with Crippen LogP contribution in [0.5, 0.6) is 0 Å². The summed E-state index contributed by atoms with van der Waals surface area (Å²) >= 11 is 1.09. The van der Waals surface area contributed by atoms with Gasteiger partial charge in [-0.15, -0.1) is 11.3 Å². The van der Waals surface area contributed by atoms with Gasteiger partial charge in [0.1, 0.15) is 22.1 Å². The smallest absolute Gasteiger partial charge is 0.263 e. The van der Waals surface area contributed by atoms with E-state index in [-0.39, 0.29) is 11.9 Å². The quantitative estimate of drug-likeness (QED) is 0.474. The number of thiophene rings is 1. The largest absolute Gasteiger partial charge is 0.491 e. The Morgan fingerprint density at radius 2 is 2.19 bits per heavy atom. The second-order valence-electron chi connectivity index (χ2n) is 8.64. The predicted molar refractivity (Wildman–Crippen MR) is 124 cm³/mol. The molecule has 0 saturated carbocycles. The number of allylic oxidation sites excluding steroid dienone is 2. The molecule has 0 aliphatic carbocycles. The van der Waals surface area contributed by atoms with Crippen LogP contribution < -0.4 is 16.4 Å². The van der Waals surface area contributed by atoms with E-state index in [0.717, 1.165) is 41.5 Å². The van der Waals surface area contributed by atoms with Gasteiger partial charge in [0.2, 0.25) is 5.95 Å². The van der Waals surface area contributed by atoms with Crippen LogP contribution in [0.2, 0.25) is 0 Å². The van der Waals surface area contributed by atoms with Crippen LogP contribution in [0.3, 0.4) is 0 Å². The molecule has 7 nitrogen and oxygen atoms in total. The van der Waals surface area contributed by atoms with Crippen LogP contribution in [0.15, 0.2) is 47.9 Å². The van der Waals surface area contributed by atoms with Crippen molar-refractivity contribution in [2.24, 2.45) is 0 Å². The van der Waals surface area contributed by atoms with Crippen molar-refractivity contribution in [3.8, 4) is 0 Å². The number of anilines is 1. The molecule has 3 atom stereocenters. The molecule has 2 aromatic rings. The molecule has 1 amide bonds. The molecule has 9 heteroatoms. The molecule has 4 aliphatic rings. The number of nitrogens with two attached hydrogens (primary N) is 1. The summed E-state index contributed by atoms with van der Waals surface area (Å²) in [6.45, 7) is 8.32. The van der Waals surface area contributed by atoms with Gasteiger partial charge in [0.15, 0.2) is 0 Å². The minimum Gasteiger partial charge on any atom is -0.491 e. The third-order valence-corrected chi connectivity index (χ3v) is 7.40. The lowest BCUT2D eigenvalue weighted by Crippen LogP contribution is -2.66. The molecule has 0 radical (unpaired) electrons. The number of rotatable bonds is 5. The highest BCUT2D eigenvalue weighted by Gasteiger charge is 2.36. The maximum Gasteiger partial charge on any atom is 0.263 e. The van der Waals surface area contributed by atoms with Crippen molar-refractivity contribution in [3.05, 3.63) is 58.7 Å². The normalized spacial score (nSPS) is 25.4. The molecular weight excluding hydrogens is 429 g/mol. The van der Waals surface area contributed by atoms with E-state index in [2.05, 4.69) is 33.2 Å². The summed E-state index contributed by atoms with van der Waals surface area (Å²) in [7, 11) is 0. The molecule has 32 heavy (non-hydrogen) atoms. The number of carbonyl (C=O) groups is 1. The van der Waals surface area contributed by atoms with Gasteiger partial charge in [0, 0.05) is 42.3 Å². The maximum atomic E-state index is 13.4. The Kier molecular flexibility index (Phi) is 5.38. The molecule has 4 aliphatic heterocycles. The Labute approximate surface area is 189 Å². The van der Waals surface area contributed by atoms with Gasteiger partial charge >= 0.3 is 0 Å². The molecule has 168 valence electrons. The molecule has 3 fully saturated rings. The lowest BCUT2D eigenvalue weighted by molar-refractivity contribution is 0.0893. The van der Waals surface area contributed by atoms with E-state index < -0.39 is 5.95 Å². The zero-order valence-electron chi connectivity index (χ0n) is 17.9. The van der Waals surface area contributed by atoms with Crippen LogP contribution >= 0.6 is 11.3 Å². The molecule has 4 N–H and O–H groups in total. The second kappa shape index (κ2) is 8.22. The van der Waals surface area contributed by atoms with Gasteiger partial charge in [-0.1, -0.05) is 6.58 Å². The molecule has 0 aromatic carbocycles. The number of nitrogens with zero attached hydrogens (tertiary/aromatic N) is 2. The molecule has 2 bridgehead atoms. The second-order valence-corrected chi connectivity index (χ2v) is 9.64. The third kappa shape index (κ3) is 3.86. The number of halogens is 1. The van der Waals surface area contributed by atoms with E-state index in [0.29, 0.717) is 45.9 Å². The van der Waals surface area contributed by atoms with Crippen LogP contribution in [0, 0.1) is 5.95 Å². The number of amides is 1. The summed E-state index contributed by atoms with van der Waals surface area (Å²) < 4.78 is 19.4. The van der Waals surface area contributed by atoms with Gasteiger partial charge in [-0.25, -0.2) is 4.98 Å². The van der Waals surface area contributed by atoms with Crippen molar-refractivity contribution in [3.63, 3.8) is 0 Å². The number of fused-ring (bicyclic) bond motifs is 3. The first-order valence-corrected chi connectivity index (χ1v) is 11.6. The van der Waals surface area contributed by atoms with E-state index in [1.165, 1.54) is 12.5 Å². The number of nitrogens with one attached hydrogen (secondary N) is 2. The van der Waals surface area contributed by atoms with Crippen molar-refractivity contribution >= 4 is 33.1 Å². The molecule has 2 unspecified atom stereocenters. The van der Waals surface area contributed by atoms with Crippen LogP contribution in [0.4, 0.5) is 10.1 Å². The first-order valence-electron chi connectivity index (χ1n) is 10.7. The number of pyridine rings is 1.